The lowest BCUT2D eigenvalue weighted by molar-refractivity contribution is -0.130. The van der Waals surface area contributed by atoms with Gasteiger partial charge in [-0.25, -0.2) is 4.39 Å². The van der Waals surface area contributed by atoms with Gasteiger partial charge in [0.1, 0.15) is 5.82 Å². The van der Waals surface area contributed by atoms with Gasteiger partial charge in [-0.05, 0) is 35.8 Å². The molecule has 0 heterocycles. The van der Waals surface area contributed by atoms with Crippen LogP contribution in [0.15, 0.2) is 16.6 Å². The van der Waals surface area contributed by atoms with E-state index >= 15 is 0 Å². The first-order valence-corrected chi connectivity index (χ1v) is 7.05. The number of benzene rings is 1. The third-order valence-electron chi connectivity index (χ3n) is 2.86. The number of hydrogen-bond acceptors (Lipinski definition) is 3. The summed E-state index contributed by atoms with van der Waals surface area (Å²) in [5.41, 5.74) is 6.72. The minimum absolute atomic E-state index is 0.0775. The molecule has 1 amide bonds. The second-order valence-electron chi connectivity index (χ2n) is 4.10. The van der Waals surface area contributed by atoms with Crippen LogP contribution >= 0.6 is 15.9 Å². The zero-order valence-electron chi connectivity index (χ0n) is 11.2. The molecule has 0 aromatic heterocycles. The Morgan fingerprint density at radius 1 is 1.42 bits per heavy atom. The van der Waals surface area contributed by atoms with Gasteiger partial charge in [-0.3, -0.25) is 4.79 Å². The molecule has 0 saturated heterocycles. The van der Waals surface area contributed by atoms with E-state index in [1.807, 2.05) is 13.8 Å². The van der Waals surface area contributed by atoms with E-state index in [0.717, 1.165) is 0 Å². The van der Waals surface area contributed by atoms with Crippen LogP contribution in [-0.4, -0.2) is 30.4 Å². The van der Waals surface area contributed by atoms with Gasteiger partial charge in [0.15, 0.2) is 0 Å². The second-order valence-corrected chi connectivity index (χ2v) is 4.95. The van der Waals surface area contributed by atoms with E-state index in [9.17, 15) is 9.18 Å². The molecule has 0 spiro atoms. The van der Waals surface area contributed by atoms with Crippen LogP contribution in [0.4, 0.5) is 15.8 Å². The summed E-state index contributed by atoms with van der Waals surface area (Å²) < 4.78 is 13.7. The third kappa shape index (κ3) is 4.38. The molecule has 1 aromatic carbocycles. The Bertz CT molecular complexity index is 450. The lowest BCUT2D eigenvalue weighted by Crippen LogP contribution is -2.31. The molecule has 0 aliphatic rings. The van der Waals surface area contributed by atoms with Crippen molar-refractivity contribution in [1.29, 1.82) is 0 Å². The molecule has 0 fully saturated rings. The second kappa shape index (κ2) is 7.33. The van der Waals surface area contributed by atoms with Crippen LogP contribution < -0.4 is 11.1 Å². The molecule has 106 valence electrons. The molecule has 0 saturated carbocycles. The number of carbonyl (C=O) groups excluding carboxylic acids is 1. The average Bonchev–Trinajstić information content (AvgIpc) is 2.37. The molecule has 0 aliphatic carbocycles. The maximum atomic E-state index is 13.4. The summed E-state index contributed by atoms with van der Waals surface area (Å²) in [6, 6.07) is 2.82. The van der Waals surface area contributed by atoms with Gasteiger partial charge in [-0.2, -0.15) is 0 Å². The van der Waals surface area contributed by atoms with Gasteiger partial charge in [0.05, 0.1) is 15.8 Å². The molecule has 4 nitrogen and oxygen atoms in total. The molecular formula is C13H19BrFN3O. The van der Waals surface area contributed by atoms with Crippen molar-refractivity contribution in [2.75, 3.05) is 30.7 Å². The number of hydrogen-bond donors (Lipinski definition) is 2. The van der Waals surface area contributed by atoms with Crippen LogP contribution in [0.5, 0.6) is 0 Å². The fourth-order valence-electron chi connectivity index (χ4n) is 1.75. The number of carbonyl (C=O) groups is 1. The first-order valence-electron chi connectivity index (χ1n) is 6.25. The van der Waals surface area contributed by atoms with Crippen LogP contribution in [0.3, 0.4) is 0 Å². The topological polar surface area (TPSA) is 58.4 Å². The molecule has 19 heavy (non-hydrogen) atoms. The summed E-state index contributed by atoms with van der Waals surface area (Å²) in [5.74, 6) is -0.305. The highest BCUT2D eigenvalue weighted by Gasteiger charge is 2.10. The van der Waals surface area contributed by atoms with E-state index in [0.29, 0.717) is 41.9 Å². The summed E-state index contributed by atoms with van der Waals surface area (Å²) >= 11 is 3.07. The molecule has 0 bridgehead atoms. The Hall–Kier alpha value is -1.30. The standard InChI is InChI=1S/C13H19BrFN3O/c1-3-18(4-2)13(19)5-6-17-12-8-10(15)9(14)7-11(12)16/h7-8,17H,3-6,16H2,1-2H3. The Morgan fingerprint density at radius 2 is 2.05 bits per heavy atom. The Balaban J connectivity index is 2.54. The lowest BCUT2D eigenvalue weighted by atomic mass is 10.2. The Kier molecular flexibility index (Phi) is 6.08. The van der Waals surface area contributed by atoms with E-state index in [1.54, 1.807) is 4.90 Å². The normalized spacial score (nSPS) is 10.3. The summed E-state index contributed by atoms with van der Waals surface area (Å²) in [7, 11) is 0. The zero-order chi connectivity index (χ0) is 14.4. The fourth-order valence-corrected chi connectivity index (χ4v) is 2.11. The Labute approximate surface area is 121 Å². The first-order chi connectivity index (χ1) is 8.99. The molecule has 3 N–H and O–H groups in total. The number of anilines is 2. The van der Waals surface area contributed by atoms with Crippen molar-refractivity contribution in [2.24, 2.45) is 0 Å². The smallest absolute Gasteiger partial charge is 0.224 e. The predicted octanol–water partition coefficient (Wildman–Crippen LogP) is 2.84. The molecule has 1 rings (SSSR count). The molecular weight excluding hydrogens is 313 g/mol. The molecule has 0 aliphatic heterocycles. The summed E-state index contributed by atoms with van der Waals surface area (Å²) in [6.45, 7) is 5.71. The molecule has 1 aromatic rings. The van der Waals surface area contributed by atoms with E-state index in [-0.39, 0.29) is 11.7 Å². The third-order valence-corrected chi connectivity index (χ3v) is 3.47. The van der Waals surface area contributed by atoms with Crippen LogP contribution in [0.1, 0.15) is 20.3 Å². The van der Waals surface area contributed by atoms with Gasteiger partial charge in [-0.15, -0.1) is 0 Å². The molecule has 6 heteroatoms. The highest BCUT2D eigenvalue weighted by molar-refractivity contribution is 9.10. The van der Waals surface area contributed by atoms with Crippen LogP contribution in [0, 0.1) is 5.82 Å². The van der Waals surface area contributed by atoms with E-state index in [2.05, 4.69) is 21.2 Å². The van der Waals surface area contributed by atoms with Crippen LogP contribution in [0.2, 0.25) is 0 Å². The van der Waals surface area contributed by atoms with Crippen molar-refractivity contribution >= 4 is 33.2 Å². The maximum absolute atomic E-state index is 13.4. The molecule has 0 radical (unpaired) electrons. The van der Waals surface area contributed by atoms with Crippen molar-refractivity contribution in [3.05, 3.63) is 22.4 Å². The number of nitrogens with two attached hydrogens (primary N) is 1. The van der Waals surface area contributed by atoms with Crippen molar-refractivity contribution in [2.45, 2.75) is 20.3 Å². The zero-order valence-corrected chi connectivity index (χ0v) is 12.8. The number of amides is 1. The average molecular weight is 332 g/mol. The number of halogens is 2. The van der Waals surface area contributed by atoms with Crippen LogP contribution in [0.25, 0.3) is 0 Å². The maximum Gasteiger partial charge on any atom is 0.224 e. The quantitative estimate of drug-likeness (QED) is 0.788. The highest BCUT2D eigenvalue weighted by atomic mass is 79.9. The van der Waals surface area contributed by atoms with E-state index in [1.165, 1.54) is 12.1 Å². The summed E-state index contributed by atoms with van der Waals surface area (Å²) in [6.07, 6.45) is 0.360. The number of nitrogens with one attached hydrogen (secondary N) is 1. The molecule has 0 unspecified atom stereocenters. The molecule has 0 atom stereocenters. The van der Waals surface area contributed by atoms with Gasteiger partial charge in [-0.1, -0.05) is 0 Å². The summed E-state index contributed by atoms with van der Waals surface area (Å²) in [4.78, 5) is 13.5. The van der Waals surface area contributed by atoms with Gasteiger partial charge in [0, 0.05) is 32.1 Å². The van der Waals surface area contributed by atoms with Crippen molar-refractivity contribution in [1.82, 2.24) is 4.90 Å². The highest BCUT2D eigenvalue weighted by Crippen LogP contribution is 2.26. The lowest BCUT2D eigenvalue weighted by Gasteiger charge is -2.19. The van der Waals surface area contributed by atoms with Gasteiger partial charge >= 0.3 is 0 Å². The number of rotatable bonds is 6. The minimum atomic E-state index is -0.383. The van der Waals surface area contributed by atoms with Gasteiger partial charge in [0.2, 0.25) is 5.91 Å². The first kappa shape index (κ1) is 15.8. The SMILES string of the molecule is CCN(CC)C(=O)CCNc1cc(F)c(Br)cc1N. The minimum Gasteiger partial charge on any atom is -0.397 e. The number of nitrogen functional groups attached to an aromatic ring is 1. The van der Waals surface area contributed by atoms with Crippen molar-refractivity contribution in [3.8, 4) is 0 Å². The monoisotopic (exact) mass is 331 g/mol. The number of nitrogens with zero attached hydrogens (tertiary/aromatic N) is 1. The fraction of sp³-hybridized carbons (Fsp3) is 0.462. The largest absolute Gasteiger partial charge is 0.397 e. The van der Waals surface area contributed by atoms with Crippen LogP contribution in [-0.2, 0) is 4.79 Å². The van der Waals surface area contributed by atoms with E-state index in [4.69, 9.17) is 5.73 Å². The predicted molar refractivity (Wildman–Crippen MR) is 79.5 cm³/mol. The van der Waals surface area contributed by atoms with Gasteiger partial charge in [0.25, 0.3) is 0 Å². The van der Waals surface area contributed by atoms with Gasteiger partial charge < -0.3 is 16.0 Å². The Morgan fingerprint density at radius 3 is 2.63 bits per heavy atom. The van der Waals surface area contributed by atoms with Crippen molar-refractivity contribution in [3.63, 3.8) is 0 Å². The van der Waals surface area contributed by atoms with Crippen molar-refractivity contribution < 1.29 is 9.18 Å². The van der Waals surface area contributed by atoms with E-state index < -0.39 is 0 Å². The summed E-state index contributed by atoms with van der Waals surface area (Å²) in [5, 5.41) is 2.98.